The fraction of sp³-hybridized carbons (Fsp3) is 0.208. The van der Waals surface area contributed by atoms with E-state index < -0.39 is 17.3 Å². The molecule has 0 spiro atoms. The molecule has 0 saturated carbocycles. The van der Waals surface area contributed by atoms with Crippen LogP contribution in [-0.4, -0.2) is 37.3 Å². The number of carboxylic acid groups (broad SMARTS) is 1. The zero-order chi connectivity index (χ0) is 24.2. The number of nitrogens with zero attached hydrogens (tertiary/aromatic N) is 4. The minimum Gasteiger partial charge on any atom is -0.481 e. The predicted molar refractivity (Wildman–Crippen MR) is 125 cm³/mol. The molecule has 0 aliphatic carbocycles. The number of aromatic nitrogens is 4. The number of carboxylic acids is 1. The number of aromatic amines is 1. The number of methoxy groups -OCH3 is 1. The number of ether oxygens (including phenoxy) is 1. The average Bonchev–Trinajstić information content (AvgIpc) is 2.82. The van der Waals surface area contributed by atoms with Crippen LogP contribution < -0.4 is 21.7 Å². The van der Waals surface area contributed by atoms with E-state index in [1.54, 1.807) is 31.4 Å². The molecule has 174 valence electrons. The van der Waals surface area contributed by atoms with Crippen LogP contribution in [0.1, 0.15) is 17.5 Å². The molecule has 34 heavy (non-hydrogen) atoms. The summed E-state index contributed by atoms with van der Waals surface area (Å²) in [5.41, 5.74) is 1.81. The third kappa shape index (κ3) is 4.96. The number of rotatable bonds is 7. The minimum absolute atomic E-state index is 0.0583. The number of aliphatic carboxylic acids is 1. The summed E-state index contributed by atoms with van der Waals surface area (Å²) < 4.78 is 7.35. The maximum atomic E-state index is 13.2. The van der Waals surface area contributed by atoms with E-state index in [0.717, 1.165) is 21.1 Å². The van der Waals surface area contributed by atoms with E-state index in [-0.39, 0.29) is 25.1 Å². The van der Waals surface area contributed by atoms with Crippen LogP contribution in [0.25, 0.3) is 10.9 Å². The number of aryl methyl sites for hydroxylation is 1. The smallest absolute Gasteiger partial charge is 0.335 e. The van der Waals surface area contributed by atoms with Gasteiger partial charge in [-0.2, -0.15) is 0 Å². The first-order valence-electron chi connectivity index (χ1n) is 10.5. The van der Waals surface area contributed by atoms with Crippen molar-refractivity contribution in [2.24, 2.45) is 4.99 Å². The molecular formula is C24H23N5O5. The molecule has 0 aliphatic heterocycles. The standard InChI is InChI=1S/C24H23N5O5/c1-15-3-5-16(6-4-15)14-29-22(27-23(32)28(24(29)33)12-11-21(30)31)25-18-8-9-19-17(13-18)7-10-20(26-19)34-2/h3-10,13H,11-12,14H2,1-2H3,(H,30,31)(H,25,27,32). The fourth-order valence-corrected chi connectivity index (χ4v) is 3.47. The van der Waals surface area contributed by atoms with Crippen molar-refractivity contribution >= 4 is 22.6 Å². The lowest BCUT2D eigenvalue weighted by molar-refractivity contribution is -0.137. The summed E-state index contributed by atoms with van der Waals surface area (Å²) in [5, 5.41) is 9.80. The molecule has 2 aromatic carbocycles. The van der Waals surface area contributed by atoms with E-state index in [1.165, 1.54) is 4.57 Å². The van der Waals surface area contributed by atoms with Crippen LogP contribution in [-0.2, 0) is 17.9 Å². The highest BCUT2D eigenvalue weighted by molar-refractivity contribution is 5.82. The SMILES string of the molecule is COc1ccc2cc(/N=c3\[nH]c(=O)n(CCC(=O)O)c(=O)n3Cc3ccc(C)cc3)ccc2n1. The van der Waals surface area contributed by atoms with Crippen molar-refractivity contribution < 1.29 is 14.6 Å². The molecule has 0 bridgehead atoms. The Morgan fingerprint density at radius 2 is 1.85 bits per heavy atom. The summed E-state index contributed by atoms with van der Waals surface area (Å²) in [6.07, 6.45) is -0.356. The number of hydrogen-bond acceptors (Lipinski definition) is 6. The van der Waals surface area contributed by atoms with Crippen molar-refractivity contribution in [3.63, 3.8) is 0 Å². The highest BCUT2D eigenvalue weighted by Crippen LogP contribution is 2.21. The molecule has 2 heterocycles. The van der Waals surface area contributed by atoms with Gasteiger partial charge in [0.15, 0.2) is 0 Å². The van der Waals surface area contributed by atoms with E-state index in [4.69, 9.17) is 9.84 Å². The third-order valence-electron chi connectivity index (χ3n) is 5.28. The Labute approximate surface area is 193 Å². The van der Waals surface area contributed by atoms with Gasteiger partial charge in [-0.1, -0.05) is 29.8 Å². The second kappa shape index (κ2) is 9.57. The summed E-state index contributed by atoms with van der Waals surface area (Å²) in [5.74, 6) is -0.617. The normalized spacial score (nSPS) is 11.6. The third-order valence-corrected chi connectivity index (χ3v) is 5.28. The molecule has 0 saturated heterocycles. The maximum absolute atomic E-state index is 13.2. The fourth-order valence-electron chi connectivity index (χ4n) is 3.47. The zero-order valence-corrected chi connectivity index (χ0v) is 18.7. The van der Waals surface area contributed by atoms with Gasteiger partial charge in [-0.05, 0) is 36.8 Å². The van der Waals surface area contributed by atoms with Gasteiger partial charge in [0.2, 0.25) is 11.5 Å². The summed E-state index contributed by atoms with van der Waals surface area (Å²) in [7, 11) is 1.54. The zero-order valence-electron chi connectivity index (χ0n) is 18.7. The number of benzene rings is 2. The number of pyridine rings is 1. The molecule has 0 unspecified atom stereocenters. The van der Waals surface area contributed by atoms with Crippen molar-refractivity contribution in [2.45, 2.75) is 26.4 Å². The predicted octanol–water partition coefficient (Wildman–Crippen LogP) is 1.96. The molecule has 0 fully saturated rings. The Kier molecular flexibility index (Phi) is 6.39. The van der Waals surface area contributed by atoms with Crippen molar-refractivity contribution in [2.75, 3.05) is 7.11 Å². The molecule has 4 aromatic rings. The first kappa shape index (κ1) is 22.7. The molecule has 4 rings (SSSR count). The summed E-state index contributed by atoms with van der Waals surface area (Å²) in [6, 6.07) is 16.5. The lowest BCUT2D eigenvalue weighted by Gasteiger charge is -2.11. The second-order valence-corrected chi connectivity index (χ2v) is 7.75. The van der Waals surface area contributed by atoms with Gasteiger partial charge in [0.05, 0.1) is 31.3 Å². The molecular weight excluding hydrogens is 438 g/mol. The Hall–Kier alpha value is -4.47. The second-order valence-electron chi connectivity index (χ2n) is 7.75. The molecule has 0 radical (unpaired) electrons. The van der Waals surface area contributed by atoms with Gasteiger partial charge in [0.1, 0.15) is 0 Å². The molecule has 10 heteroatoms. The van der Waals surface area contributed by atoms with Crippen LogP contribution in [0, 0.1) is 6.92 Å². The van der Waals surface area contributed by atoms with Crippen molar-refractivity contribution in [1.29, 1.82) is 0 Å². The highest BCUT2D eigenvalue weighted by atomic mass is 16.5. The molecule has 0 amide bonds. The number of carbonyl (C=O) groups is 1. The van der Waals surface area contributed by atoms with Gasteiger partial charge < -0.3 is 9.84 Å². The Bertz CT molecular complexity index is 1550. The Morgan fingerprint density at radius 3 is 2.56 bits per heavy atom. The number of hydrogen-bond donors (Lipinski definition) is 2. The molecule has 2 aromatic heterocycles. The van der Waals surface area contributed by atoms with Gasteiger partial charge in [0, 0.05) is 18.0 Å². The number of fused-ring (bicyclic) bond motifs is 1. The Morgan fingerprint density at radius 1 is 1.09 bits per heavy atom. The highest BCUT2D eigenvalue weighted by Gasteiger charge is 2.11. The van der Waals surface area contributed by atoms with Crippen molar-refractivity contribution in [3.05, 3.63) is 92.3 Å². The summed E-state index contributed by atoms with van der Waals surface area (Å²) >= 11 is 0. The topological polar surface area (TPSA) is 132 Å². The van der Waals surface area contributed by atoms with Gasteiger partial charge in [0.25, 0.3) is 0 Å². The first-order chi connectivity index (χ1) is 16.3. The van der Waals surface area contributed by atoms with Crippen molar-refractivity contribution in [3.8, 4) is 5.88 Å². The maximum Gasteiger partial charge on any atom is 0.335 e. The van der Waals surface area contributed by atoms with Crippen LogP contribution in [0.5, 0.6) is 5.88 Å². The number of H-pyrrole nitrogens is 1. The van der Waals surface area contributed by atoms with E-state index in [0.29, 0.717) is 17.1 Å². The van der Waals surface area contributed by atoms with E-state index >= 15 is 0 Å². The van der Waals surface area contributed by atoms with Gasteiger partial charge >= 0.3 is 17.3 Å². The van der Waals surface area contributed by atoms with Gasteiger partial charge in [-0.25, -0.2) is 24.1 Å². The van der Waals surface area contributed by atoms with E-state index in [2.05, 4.69) is 15.0 Å². The lowest BCUT2D eigenvalue weighted by atomic mass is 10.1. The molecule has 0 aliphatic rings. The van der Waals surface area contributed by atoms with Gasteiger partial charge in [-0.3, -0.25) is 14.3 Å². The van der Waals surface area contributed by atoms with Crippen molar-refractivity contribution in [1.82, 2.24) is 19.1 Å². The molecule has 2 N–H and O–H groups in total. The van der Waals surface area contributed by atoms with Crippen LogP contribution in [0.15, 0.2) is 69.2 Å². The largest absolute Gasteiger partial charge is 0.481 e. The summed E-state index contributed by atoms with van der Waals surface area (Å²) in [6.45, 7) is 1.86. The first-order valence-corrected chi connectivity index (χ1v) is 10.5. The van der Waals surface area contributed by atoms with Crippen LogP contribution in [0.4, 0.5) is 5.69 Å². The molecule has 10 nitrogen and oxygen atoms in total. The monoisotopic (exact) mass is 461 g/mol. The quantitative estimate of drug-likeness (QED) is 0.433. The lowest BCUT2D eigenvalue weighted by Crippen LogP contribution is -2.50. The summed E-state index contributed by atoms with van der Waals surface area (Å²) in [4.78, 5) is 48.3. The van der Waals surface area contributed by atoms with Crippen LogP contribution in [0.2, 0.25) is 0 Å². The molecule has 0 atom stereocenters. The van der Waals surface area contributed by atoms with Gasteiger partial charge in [-0.15, -0.1) is 0 Å². The van der Waals surface area contributed by atoms with E-state index in [1.807, 2.05) is 37.3 Å². The van der Waals surface area contributed by atoms with Crippen LogP contribution >= 0.6 is 0 Å². The van der Waals surface area contributed by atoms with Crippen LogP contribution in [0.3, 0.4) is 0 Å². The van der Waals surface area contributed by atoms with E-state index in [9.17, 15) is 14.4 Å². The minimum atomic E-state index is -1.11. The average molecular weight is 461 g/mol. The number of nitrogens with one attached hydrogen (secondary N) is 1. The Balaban J connectivity index is 1.86.